The maximum absolute atomic E-state index is 11.6. The van der Waals surface area contributed by atoms with Crippen LogP contribution < -0.4 is 0 Å². The van der Waals surface area contributed by atoms with Crippen molar-refractivity contribution in [3.63, 3.8) is 0 Å². The van der Waals surface area contributed by atoms with E-state index in [0.717, 1.165) is 24.8 Å². The Labute approximate surface area is 102 Å². The maximum atomic E-state index is 11.6. The number of aromatic hydroxyl groups is 1. The fraction of sp³-hybridized carbons (Fsp3) is 0.500. The van der Waals surface area contributed by atoms with Crippen molar-refractivity contribution in [1.82, 2.24) is 0 Å². The van der Waals surface area contributed by atoms with Gasteiger partial charge < -0.3 is 9.84 Å². The lowest BCUT2D eigenvalue weighted by Crippen LogP contribution is -2.07. The molecule has 3 heteroatoms. The van der Waals surface area contributed by atoms with Crippen LogP contribution in [0, 0.1) is 5.92 Å². The number of hydrogen-bond acceptors (Lipinski definition) is 3. The number of rotatable bonds is 5. The number of phenolic OH excluding ortho intramolecular Hbond substituents is 1. The van der Waals surface area contributed by atoms with Gasteiger partial charge in [-0.25, -0.2) is 4.79 Å². The van der Waals surface area contributed by atoms with Crippen LogP contribution >= 0.6 is 0 Å². The first kappa shape index (κ1) is 13.6. The quantitative estimate of drug-likeness (QED) is 0.799. The topological polar surface area (TPSA) is 46.5 Å². The van der Waals surface area contributed by atoms with E-state index in [-0.39, 0.29) is 11.7 Å². The summed E-state index contributed by atoms with van der Waals surface area (Å²) >= 11 is 0. The second-order valence-corrected chi connectivity index (χ2v) is 4.39. The number of carbonyl (C=O) groups is 1. The third-order valence-corrected chi connectivity index (χ3v) is 3.10. The van der Waals surface area contributed by atoms with E-state index < -0.39 is 0 Å². The number of methoxy groups -OCH3 is 1. The van der Waals surface area contributed by atoms with Crippen LogP contribution in [0.1, 0.15) is 42.6 Å². The van der Waals surface area contributed by atoms with E-state index in [1.165, 1.54) is 13.2 Å². The van der Waals surface area contributed by atoms with Crippen LogP contribution in [0.3, 0.4) is 0 Å². The summed E-state index contributed by atoms with van der Waals surface area (Å²) in [6.07, 6.45) is 3.00. The highest BCUT2D eigenvalue weighted by atomic mass is 16.5. The molecule has 1 N–H and O–H groups in total. The molecule has 17 heavy (non-hydrogen) atoms. The number of hydrogen-bond donors (Lipinski definition) is 1. The van der Waals surface area contributed by atoms with Gasteiger partial charge in [0.25, 0.3) is 0 Å². The van der Waals surface area contributed by atoms with Crippen LogP contribution in [0.25, 0.3) is 0 Å². The van der Waals surface area contributed by atoms with Crippen LogP contribution in [0.4, 0.5) is 0 Å². The van der Waals surface area contributed by atoms with E-state index in [4.69, 9.17) is 4.74 Å². The highest BCUT2D eigenvalue weighted by molar-refractivity contribution is 5.91. The Kier molecular flexibility index (Phi) is 5.01. The minimum Gasteiger partial charge on any atom is -0.508 e. The van der Waals surface area contributed by atoms with Crippen molar-refractivity contribution < 1.29 is 14.6 Å². The predicted molar refractivity (Wildman–Crippen MR) is 67.2 cm³/mol. The third-order valence-electron chi connectivity index (χ3n) is 3.10. The zero-order valence-electron chi connectivity index (χ0n) is 10.7. The molecule has 0 bridgehead atoms. The van der Waals surface area contributed by atoms with Gasteiger partial charge in [-0.1, -0.05) is 26.3 Å². The number of aryl methyl sites for hydroxylation is 1. The molecular weight excluding hydrogens is 216 g/mol. The molecule has 0 aliphatic carbocycles. The zero-order valence-corrected chi connectivity index (χ0v) is 10.7. The number of benzene rings is 1. The van der Waals surface area contributed by atoms with E-state index in [1.807, 2.05) is 0 Å². The van der Waals surface area contributed by atoms with E-state index in [2.05, 4.69) is 13.8 Å². The maximum Gasteiger partial charge on any atom is 0.338 e. The monoisotopic (exact) mass is 236 g/mol. The molecule has 0 aromatic heterocycles. The Morgan fingerprint density at radius 3 is 2.76 bits per heavy atom. The molecule has 1 atom stereocenters. The Morgan fingerprint density at radius 2 is 2.18 bits per heavy atom. The minimum atomic E-state index is -0.389. The molecule has 0 saturated carbocycles. The fourth-order valence-corrected chi connectivity index (χ4v) is 1.69. The van der Waals surface area contributed by atoms with E-state index in [0.29, 0.717) is 11.5 Å². The molecule has 3 nitrogen and oxygen atoms in total. The standard InChI is InChI=1S/C14H20O3/c1-4-10(2)5-6-11-7-8-12(15)9-13(11)14(16)17-3/h7-10,15H,4-6H2,1-3H3/t10-/m1/s1. The van der Waals surface area contributed by atoms with Crippen LogP contribution in [0.2, 0.25) is 0 Å². The molecule has 0 fully saturated rings. The lowest BCUT2D eigenvalue weighted by atomic mass is 9.96. The summed E-state index contributed by atoms with van der Waals surface area (Å²) < 4.78 is 4.72. The molecule has 0 aliphatic rings. The molecule has 1 aromatic carbocycles. The molecule has 1 rings (SSSR count). The van der Waals surface area contributed by atoms with Gasteiger partial charge in [0.05, 0.1) is 12.7 Å². The van der Waals surface area contributed by atoms with Gasteiger partial charge in [-0.05, 0) is 36.5 Å². The lowest BCUT2D eigenvalue weighted by molar-refractivity contribution is 0.0599. The number of phenols is 1. The Morgan fingerprint density at radius 1 is 1.47 bits per heavy atom. The first-order valence-electron chi connectivity index (χ1n) is 5.98. The van der Waals surface area contributed by atoms with Gasteiger partial charge >= 0.3 is 5.97 Å². The zero-order chi connectivity index (χ0) is 12.8. The molecule has 0 unspecified atom stereocenters. The van der Waals surface area contributed by atoms with E-state index in [9.17, 15) is 9.90 Å². The summed E-state index contributed by atoms with van der Waals surface area (Å²) in [4.78, 5) is 11.6. The average molecular weight is 236 g/mol. The lowest BCUT2D eigenvalue weighted by Gasteiger charge is -2.11. The molecular formula is C14H20O3. The molecule has 0 spiro atoms. The molecule has 0 aliphatic heterocycles. The van der Waals surface area contributed by atoms with Crippen molar-refractivity contribution in [2.24, 2.45) is 5.92 Å². The molecule has 0 radical (unpaired) electrons. The van der Waals surface area contributed by atoms with Gasteiger partial charge in [-0.3, -0.25) is 0 Å². The predicted octanol–water partition coefficient (Wildman–Crippen LogP) is 3.16. The van der Waals surface area contributed by atoms with Gasteiger partial charge in [-0.15, -0.1) is 0 Å². The number of carbonyl (C=O) groups excluding carboxylic acids is 1. The summed E-state index contributed by atoms with van der Waals surface area (Å²) in [5, 5.41) is 9.40. The van der Waals surface area contributed by atoms with Crippen LogP contribution in [-0.4, -0.2) is 18.2 Å². The van der Waals surface area contributed by atoms with Crippen molar-refractivity contribution in [3.05, 3.63) is 29.3 Å². The van der Waals surface area contributed by atoms with Crippen molar-refractivity contribution in [2.75, 3.05) is 7.11 Å². The first-order valence-corrected chi connectivity index (χ1v) is 5.98. The minimum absolute atomic E-state index is 0.0951. The fourth-order valence-electron chi connectivity index (χ4n) is 1.69. The van der Waals surface area contributed by atoms with Gasteiger partial charge in [-0.2, -0.15) is 0 Å². The summed E-state index contributed by atoms with van der Waals surface area (Å²) in [6.45, 7) is 4.35. The van der Waals surface area contributed by atoms with Gasteiger partial charge in [0, 0.05) is 0 Å². The largest absolute Gasteiger partial charge is 0.508 e. The Hall–Kier alpha value is -1.51. The molecule has 0 saturated heterocycles. The second-order valence-electron chi connectivity index (χ2n) is 4.39. The molecule has 1 aromatic rings. The van der Waals surface area contributed by atoms with Crippen LogP contribution in [0.15, 0.2) is 18.2 Å². The smallest absolute Gasteiger partial charge is 0.338 e. The second kappa shape index (κ2) is 6.28. The van der Waals surface area contributed by atoms with Crippen molar-refractivity contribution >= 4 is 5.97 Å². The molecule has 94 valence electrons. The van der Waals surface area contributed by atoms with Crippen molar-refractivity contribution in [2.45, 2.75) is 33.1 Å². The summed E-state index contributed by atoms with van der Waals surface area (Å²) in [6, 6.07) is 4.88. The summed E-state index contributed by atoms with van der Waals surface area (Å²) in [7, 11) is 1.35. The van der Waals surface area contributed by atoms with Crippen molar-refractivity contribution in [3.8, 4) is 5.75 Å². The number of ether oxygens (including phenoxy) is 1. The third kappa shape index (κ3) is 3.77. The van der Waals surface area contributed by atoms with Gasteiger partial charge in [0.1, 0.15) is 5.75 Å². The molecule has 0 heterocycles. The summed E-state index contributed by atoms with van der Waals surface area (Å²) in [5.74, 6) is 0.340. The van der Waals surface area contributed by atoms with E-state index in [1.54, 1.807) is 12.1 Å². The highest BCUT2D eigenvalue weighted by Crippen LogP contribution is 2.21. The average Bonchev–Trinajstić information content (AvgIpc) is 2.35. The van der Waals surface area contributed by atoms with Crippen molar-refractivity contribution in [1.29, 1.82) is 0 Å². The van der Waals surface area contributed by atoms with Crippen LogP contribution in [0.5, 0.6) is 5.75 Å². The highest BCUT2D eigenvalue weighted by Gasteiger charge is 2.13. The summed E-state index contributed by atoms with van der Waals surface area (Å²) in [5.41, 5.74) is 1.41. The first-order chi connectivity index (χ1) is 8.08. The van der Waals surface area contributed by atoms with Crippen LogP contribution in [-0.2, 0) is 11.2 Å². The number of esters is 1. The van der Waals surface area contributed by atoms with Gasteiger partial charge in [0.15, 0.2) is 0 Å². The Bertz CT molecular complexity index is 385. The SMILES string of the molecule is CC[C@@H](C)CCc1ccc(O)cc1C(=O)OC. The molecule has 0 amide bonds. The van der Waals surface area contributed by atoms with Gasteiger partial charge in [0.2, 0.25) is 0 Å². The normalized spacial score (nSPS) is 12.2. The Balaban J connectivity index is 2.86. The van der Waals surface area contributed by atoms with E-state index >= 15 is 0 Å².